The van der Waals surface area contributed by atoms with Gasteiger partial charge in [0.05, 0.1) is 6.54 Å². The molecule has 0 amide bonds. The molecule has 0 aromatic carbocycles. The molecule has 1 aromatic rings. The SMILES string of the molecule is CC(N)C1CCN(Cc2nc(C3CC3)no2)C1.Cl. The van der Waals surface area contributed by atoms with Gasteiger partial charge in [0.1, 0.15) is 0 Å². The fourth-order valence-corrected chi connectivity index (χ4v) is 2.47. The van der Waals surface area contributed by atoms with Crippen molar-refractivity contribution in [2.24, 2.45) is 11.7 Å². The maximum atomic E-state index is 5.93. The van der Waals surface area contributed by atoms with Gasteiger partial charge in [-0.2, -0.15) is 4.98 Å². The Morgan fingerprint density at radius 1 is 1.44 bits per heavy atom. The van der Waals surface area contributed by atoms with E-state index in [0.717, 1.165) is 31.3 Å². The molecule has 2 unspecified atom stereocenters. The maximum Gasteiger partial charge on any atom is 0.240 e. The molecular weight excluding hydrogens is 252 g/mol. The molecule has 1 saturated carbocycles. The summed E-state index contributed by atoms with van der Waals surface area (Å²) in [7, 11) is 0. The second-order valence-electron chi connectivity index (χ2n) is 5.46. The number of nitrogens with two attached hydrogens (primary N) is 1. The molecule has 102 valence electrons. The fourth-order valence-electron chi connectivity index (χ4n) is 2.47. The first-order valence-corrected chi connectivity index (χ1v) is 6.53. The van der Waals surface area contributed by atoms with Crippen molar-refractivity contribution in [1.29, 1.82) is 0 Å². The summed E-state index contributed by atoms with van der Waals surface area (Å²) in [6.45, 7) is 5.02. The van der Waals surface area contributed by atoms with Gasteiger partial charge in [-0.15, -0.1) is 12.4 Å². The van der Waals surface area contributed by atoms with Gasteiger partial charge in [0.25, 0.3) is 0 Å². The highest BCUT2D eigenvalue weighted by Crippen LogP contribution is 2.38. The Hall–Kier alpha value is -0.650. The van der Waals surface area contributed by atoms with Gasteiger partial charge in [0.2, 0.25) is 5.89 Å². The predicted octanol–water partition coefficient (Wildman–Crippen LogP) is 1.54. The van der Waals surface area contributed by atoms with E-state index in [1.54, 1.807) is 0 Å². The molecule has 1 aromatic heterocycles. The van der Waals surface area contributed by atoms with Gasteiger partial charge in [-0.05, 0) is 38.6 Å². The lowest BCUT2D eigenvalue weighted by Gasteiger charge is -2.15. The lowest BCUT2D eigenvalue weighted by atomic mass is 10.0. The molecule has 0 radical (unpaired) electrons. The molecule has 1 aliphatic heterocycles. The third-order valence-electron chi connectivity index (χ3n) is 3.84. The molecule has 2 N–H and O–H groups in total. The van der Waals surface area contributed by atoms with Gasteiger partial charge in [-0.3, -0.25) is 4.90 Å². The molecule has 5 nitrogen and oxygen atoms in total. The summed E-state index contributed by atoms with van der Waals surface area (Å²) in [6.07, 6.45) is 3.62. The van der Waals surface area contributed by atoms with Crippen molar-refractivity contribution in [3.05, 3.63) is 11.7 Å². The quantitative estimate of drug-likeness (QED) is 0.900. The highest BCUT2D eigenvalue weighted by Gasteiger charge is 2.30. The average molecular weight is 273 g/mol. The predicted molar refractivity (Wildman–Crippen MR) is 70.6 cm³/mol. The maximum absolute atomic E-state index is 5.93. The second kappa shape index (κ2) is 5.55. The smallest absolute Gasteiger partial charge is 0.240 e. The lowest BCUT2D eigenvalue weighted by molar-refractivity contribution is 0.256. The molecule has 2 aliphatic rings. The number of likely N-dealkylation sites (tertiary alicyclic amines) is 1. The van der Waals surface area contributed by atoms with Gasteiger partial charge in [0, 0.05) is 18.5 Å². The minimum absolute atomic E-state index is 0. The van der Waals surface area contributed by atoms with E-state index in [4.69, 9.17) is 10.3 Å². The van der Waals surface area contributed by atoms with Crippen LogP contribution in [0.15, 0.2) is 4.52 Å². The summed E-state index contributed by atoms with van der Waals surface area (Å²) >= 11 is 0. The van der Waals surface area contributed by atoms with Crippen LogP contribution in [0.2, 0.25) is 0 Å². The molecular formula is C12H21ClN4O. The molecule has 6 heteroatoms. The van der Waals surface area contributed by atoms with Crippen molar-refractivity contribution in [2.45, 2.75) is 44.7 Å². The molecule has 3 rings (SSSR count). The van der Waals surface area contributed by atoms with Gasteiger partial charge >= 0.3 is 0 Å². The van der Waals surface area contributed by atoms with Crippen molar-refractivity contribution in [3.8, 4) is 0 Å². The Labute approximate surface area is 114 Å². The molecule has 2 heterocycles. The summed E-state index contributed by atoms with van der Waals surface area (Å²) < 4.78 is 5.29. The van der Waals surface area contributed by atoms with Crippen molar-refractivity contribution in [1.82, 2.24) is 15.0 Å². The Morgan fingerprint density at radius 2 is 2.22 bits per heavy atom. The molecule has 0 bridgehead atoms. The summed E-state index contributed by atoms with van der Waals surface area (Å²) in [5, 5.41) is 4.04. The number of hydrogen-bond donors (Lipinski definition) is 1. The van der Waals surface area contributed by atoms with E-state index in [1.807, 2.05) is 0 Å². The average Bonchev–Trinajstić information content (AvgIpc) is 2.87. The van der Waals surface area contributed by atoms with Gasteiger partial charge in [-0.1, -0.05) is 5.16 Å². The van der Waals surface area contributed by atoms with Crippen molar-refractivity contribution in [3.63, 3.8) is 0 Å². The number of halogens is 1. The standard InChI is InChI=1S/C12H20N4O.ClH/c1-8(13)10-4-5-16(6-10)7-11-14-12(15-17-11)9-2-3-9;/h8-10H,2-7,13H2,1H3;1H. The molecule has 2 atom stereocenters. The van der Waals surface area contributed by atoms with Crippen LogP contribution in [0.4, 0.5) is 0 Å². The van der Waals surface area contributed by atoms with Crippen LogP contribution < -0.4 is 5.73 Å². The van der Waals surface area contributed by atoms with Crippen LogP contribution in [0.25, 0.3) is 0 Å². The summed E-state index contributed by atoms with van der Waals surface area (Å²) in [5.41, 5.74) is 5.93. The number of aromatic nitrogens is 2. The van der Waals surface area contributed by atoms with E-state index >= 15 is 0 Å². The van der Waals surface area contributed by atoms with E-state index < -0.39 is 0 Å². The van der Waals surface area contributed by atoms with E-state index in [1.165, 1.54) is 19.3 Å². The molecule has 1 saturated heterocycles. The Bertz CT molecular complexity index is 391. The zero-order valence-corrected chi connectivity index (χ0v) is 11.5. The van der Waals surface area contributed by atoms with Crippen LogP contribution >= 0.6 is 12.4 Å². The zero-order valence-electron chi connectivity index (χ0n) is 10.7. The zero-order chi connectivity index (χ0) is 11.8. The van der Waals surface area contributed by atoms with Crippen LogP contribution in [-0.2, 0) is 6.54 Å². The van der Waals surface area contributed by atoms with Crippen molar-refractivity contribution in [2.75, 3.05) is 13.1 Å². The molecule has 1 aliphatic carbocycles. The summed E-state index contributed by atoms with van der Waals surface area (Å²) in [6, 6.07) is 0.282. The number of nitrogens with zero attached hydrogens (tertiary/aromatic N) is 3. The van der Waals surface area contributed by atoms with E-state index in [0.29, 0.717) is 11.8 Å². The summed E-state index contributed by atoms with van der Waals surface area (Å²) in [4.78, 5) is 6.81. The topological polar surface area (TPSA) is 68.2 Å². The van der Waals surface area contributed by atoms with Gasteiger partial charge < -0.3 is 10.3 Å². The molecule has 2 fully saturated rings. The highest BCUT2D eigenvalue weighted by atomic mass is 35.5. The molecule has 18 heavy (non-hydrogen) atoms. The largest absolute Gasteiger partial charge is 0.338 e. The van der Waals surface area contributed by atoms with Crippen LogP contribution in [-0.4, -0.2) is 34.2 Å². The minimum Gasteiger partial charge on any atom is -0.338 e. The van der Waals surface area contributed by atoms with E-state index in [-0.39, 0.29) is 18.4 Å². The third kappa shape index (κ3) is 3.02. The third-order valence-corrected chi connectivity index (χ3v) is 3.84. The van der Waals surface area contributed by atoms with Crippen LogP contribution in [0, 0.1) is 5.92 Å². The van der Waals surface area contributed by atoms with E-state index in [9.17, 15) is 0 Å². The minimum atomic E-state index is 0. The van der Waals surface area contributed by atoms with Crippen LogP contribution in [0.5, 0.6) is 0 Å². The first kappa shape index (κ1) is 13.8. The van der Waals surface area contributed by atoms with Crippen molar-refractivity contribution >= 4 is 12.4 Å². The van der Waals surface area contributed by atoms with Crippen molar-refractivity contribution < 1.29 is 4.52 Å². The van der Waals surface area contributed by atoms with Crippen LogP contribution in [0.1, 0.15) is 43.8 Å². The lowest BCUT2D eigenvalue weighted by Crippen LogP contribution is -2.29. The Balaban J connectivity index is 0.00000120. The van der Waals surface area contributed by atoms with Gasteiger partial charge in [0.15, 0.2) is 5.82 Å². The van der Waals surface area contributed by atoms with Crippen LogP contribution in [0.3, 0.4) is 0 Å². The number of hydrogen-bond acceptors (Lipinski definition) is 5. The fraction of sp³-hybridized carbons (Fsp3) is 0.833. The van der Waals surface area contributed by atoms with Gasteiger partial charge in [-0.25, -0.2) is 0 Å². The first-order valence-electron chi connectivity index (χ1n) is 6.53. The monoisotopic (exact) mass is 272 g/mol. The van der Waals surface area contributed by atoms with E-state index in [2.05, 4.69) is 22.0 Å². The Morgan fingerprint density at radius 3 is 2.83 bits per heavy atom. The molecule has 0 spiro atoms. The summed E-state index contributed by atoms with van der Waals surface area (Å²) in [5.74, 6) is 2.85. The second-order valence-corrected chi connectivity index (χ2v) is 5.46. The normalized spacial score (nSPS) is 26.0. The number of rotatable bonds is 4. The highest BCUT2D eigenvalue weighted by molar-refractivity contribution is 5.85. The first-order chi connectivity index (χ1) is 8.22. The Kier molecular flexibility index (Phi) is 4.25.